The number of sulfonamides is 1. The molecule has 0 atom stereocenters. The van der Waals surface area contributed by atoms with E-state index in [2.05, 4.69) is 4.72 Å². The summed E-state index contributed by atoms with van der Waals surface area (Å²) in [6, 6.07) is 7.35. The van der Waals surface area contributed by atoms with Crippen molar-refractivity contribution in [2.75, 3.05) is 11.3 Å². The van der Waals surface area contributed by atoms with Gasteiger partial charge in [-0.25, -0.2) is 21.6 Å². The zero-order valence-corrected chi connectivity index (χ0v) is 13.0. The Hall–Kier alpha value is -2.22. The van der Waals surface area contributed by atoms with Crippen LogP contribution in [0.3, 0.4) is 0 Å². The predicted molar refractivity (Wildman–Crippen MR) is 79.4 cm³/mol. The van der Waals surface area contributed by atoms with Gasteiger partial charge in [0, 0.05) is 0 Å². The molecule has 0 bridgehead atoms. The van der Waals surface area contributed by atoms with Crippen LogP contribution >= 0.6 is 0 Å². The summed E-state index contributed by atoms with van der Waals surface area (Å²) >= 11 is 0. The van der Waals surface area contributed by atoms with E-state index in [9.17, 15) is 21.6 Å². The van der Waals surface area contributed by atoms with Crippen LogP contribution in [0.1, 0.15) is 13.3 Å². The first-order chi connectivity index (χ1) is 10.9. The van der Waals surface area contributed by atoms with Crippen molar-refractivity contribution in [2.24, 2.45) is 0 Å². The second-order valence-electron chi connectivity index (χ2n) is 4.62. The topological polar surface area (TPSA) is 55.4 Å². The van der Waals surface area contributed by atoms with Gasteiger partial charge in [-0.3, -0.25) is 4.72 Å². The largest absolute Gasteiger partial charge is 0.491 e. The zero-order valence-electron chi connectivity index (χ0n) is 12.1. The van der Waals surface area contributed by atoms with E-state index >= 15 is 0 Å². The van der Waals surface area contributed by atoms with Crippen LogP contribution < -0.4 is 9.46 Å². The quantitative estimate of drug-likeness (QED) is 0.813. The maximum absolute atomic E-state index is 13.7. The number of hydrogen-bond donors (Lipinski definition) is 1. The Labute approximate surface area is 132 Å². The normalized spacial score (nSPS) is 11.3. The first kappa shape index (κ1) is 17.1. The third-order valence-electron chi connectivity index (χ3n) is 2.88. The van der Waals surface area contributed by atoms with Crippen molar-refractivity contribution in [3.63, 3.8) is 0 Å². The highest BCUT2D eigenvalue weighted by molar-refractivity contribution is 7.92. The smallest absolute Gasteiger partial charge is 0.265 e. The van der Waals surface area contributed by atoms with Crippen LogP contribution in [0.15, 0.2) is 41.3 Å². The van der Waals surface area contributed by atoms with Crippen molar-refractivity contribution < 1.29 is 26.3 Å². The number of para-hydroxylation sites is 2. The molecule has 2 aromatic carbocycles. The first-order valence-corrected chi connectivity index (χ1v) is 8.23. The summed E-state index contributed by atoms with van der Waals surface area (Å²) in [5.74, 6) is -4.83. The van der Waals surface area contributed by atoms with Crippen LogP contribution in [-0.4, -0.2) is 15.0 Å². The monoisotopic (exact) mass is 345 g/mol. The van der Waals surface area contributed by atoms with E-state index in [-0.39, 0.29) is 11.4 Å². The molecule has 2 aromatic rings. The highest BCUT2D eigenvalue weighted by atomic mass is 32.2. The second-order valence-corrected chi connectivity index (χ2v) is 6.27. The molecule has 124 valence electrons. The van der Waals surface area contributed by atoms with E-state index in [1.54, 1.807) is 12.1 Å². The Morgan fingerprint density at radius 3 is 2.43 bits per heavy atom. The molecule has 0 aliphatic heterocycles. The van der Waals surface area contributed by atoms with E-state index < -0.39 is 32.4 Å². The van der Waals surface area contributed by atoms with E-state index in [0.717, 1.165) is 0 Å². The number of ether oxygens (including phenoxy) is 1. The van der Waals surface area contributed by atoms with Crippen LogP contribution in [0.25, 0.3) is 0 Å². The minimum atomic E-state index is -4.44. The van der Waals surface area contributed by atoms with Crippen LogP contribution in [0.4, 0.5) is 18.9 Å². The first-order valence-electron chi connectivity index (χ1n) is 6.75. The Balaban J connectivity index is 2.38. The molecule has 0 aliphatic rings. The fourth-order valence-electron chi connectivity index (χ4n) is 1.80. The fourth-order valence-corrected chi connectivity index (χ4v) is 2.95. The highest BCUT2D eigenvalue weighted by Gasteiger charge is 2.25. The number of halogens is 3. The van der Waals surface area contributed by atoms with Crippen molar-refractivity contribution in [3.05, 3.63) is 53.8 Å². The van der Waals surface area contributed by atoms with E-state index in [0.29, 0.717) is 25.2 Å². The lowest BCUT2D eigenvalue weighted by atomic mass is 10.3. The fraction of sp³-hybridized carbons (Fsp3) is 0.200. The summed E-state index contributed by atoms with van der Waals surface area (Å²) < 4.78 is 71.8. The second kappa shape index (κ2) is 6.91. The van der Waals surface area contributed by atoms with E-state index in [1.165, 1.54) is 12.1 Å². The number of benzene rings is 2. The van der Waals surface area contributed by atoms with E-state index in [4.69, 9.17) is 4.74 Å². The Bertz CT molecular complexity index is 810. The molecule has 0 aromatic heterocycles. The molecule has 0 saturated heterocycles. The lowest BCUT2D eigenvalue weighted by Gasteiger charge is -2.13. The van der Waals surface area contributed by atoms with Gasteiger partial charge in [-0.1, -0.05) is 19.1 Å². The number of hydrogen-bond acceptors (Lipinski definition) is 3. The van der Waals surface area contributed by atoms with Gasteiger partial charge in [-0.05, 0) is 30.7 Å². The van der Waals surface area contributed by atoms with Gasteiger partial charge in [-0.15, -0.1) is 0 Å². The Morgan fingerprint density at radius 1 is 1.04 bits per heavy atom. The van der Waals surface area contributed by atoms with Crippen LogP contribution in [0, 0.1) is 17.5 Å². The third-order valence-corrected chi connectivity index (χ3v) is 4.27. The molecular formula is C15H14F3NO3S. The lowest BCUT2D eigenvalue weighted by Crippen LogP contribution is -2.16. The molecule has 8 heteroatoms. The zero-order chi connectivity index (χ0) is 17.0. The van der Waals surface area contributed by atoms with Gasteiger partial charge in [0.1, 0.15) is 10.6 Å². The maximum atomic E-state index is 13.7. The van der Waals surface area contributed by atoms with Gasteiger partial charge >= 0.3 is 0 Å². The molecular weight excluding hydrogens is 331 g/mol. The average Bonchev–Trinajstić information content (AvgIpc) is 2.51. The van der Waals surface area contributed by atoms with Gasteiger partial charge in [0.25, 0.3) is 10.0 Å². The average molecular weight is 345 g/mol. The molecule has 0 heterocycles. The summed E-state index contributed by atoms with van der Waals surface area (Å²) in [4.78, 5) is -0.985. The molecule has 0 unspecified atom stereocenters. The molecule has 0 fully saturated rings. The van der Waals surface area contributed by atoms with E-state index in [1.807, 2.05) is 6.92 Å². The lowest BCUT2D eigenvalue weighted by molar-refractivity contribution is 0.319. The maximum Gasteiger partial charge on any atom is 0.265 e. The highest BCUT2D eigenvalue weighted by Crippen LogP contribution is 2.28. The summed E-state index contributed by atoms with van der Waals surface area (Å²) in [5.41, 5.74) is 0.0742. The molecule has 1 N–H and O–H groups in total. The Kier molecular flexibility index (Phi) is 5.15. The van der Waals surface area contributed by atoms with Crippen molar-refractivity contribution in [3.8, 4) is 5.75 Å². The standard InChI is InChI=1S/C15H14F3NO3S/c1-2-9-22-12-6-4-3-5-11(12)19-23(20,21)13-8-7-10(16)14(17)15(13)18/h3-8,19H,2,9H2,1H3. The van der Waals surface area contributed by atoms with Crippen LogP contribution in [-0.2, 0) is 10.0 Å². The van der Waals surface area contributed by atoms with Crippen molar-refractivity contribution in [2.45, 2.75) is 18.2 Å². The Morgan fingerprint density at radius 2 is 1.74 bits per heavy atom. The minimum absolute atomic E-state index is 0.0742. The molecule has 0 amide bonds. The predicted octanol–water partition coefficient (Wildman–Crippen LogP) is 3.69. The SMILES string of the molecule is CCCOc1ccccc1NS(=O)(=O)c1ccc(F)c(F)c1F. The van der Waals surface area contributed by atoms with Crippen molar-refractivity contribution in [1.82, 2.24) is 0 Å². The third kappa shape index (κ3) is 3.76. The van der Waals surface area contributed by atoms with Crippen molar-refractivity contribution in [1.29, 1.82) is 0 Å². The van der Waals surface area contributed by atoms with Crippen LogP contribution in [0.2, 0.25) is 0 Å². The summed E-state index contributed by atoms with van der Waals surface area (Å²) in [6.07, 6.45) is 0.707. The van der Waals surface area contributed by atoms with Gasteiger partial charge < -0.3 is 4.74 Å². The number of nitrogens with one attached hydrogen (secondary N) is 1. The molecule has 0 aliphatic carbocycles. The summed E-state index contributed by atoms with van der Waals surface area (Å²) in [6.45, 7) is 2.24. The number of rotatable bonds is 6. The van der Waals surface area contributed by atoms with Crippen LogP contribution in [0.5, 0.6) is 5.75 Å². The molecule has 0 saturated carbocycles. The minimum Gasteiger partial charge on any atom is -0.491 e. The van der Waals surface area contributed by atoms with Gasteiger partial charge in [0.05, 0.1) is 12.3 Å². The molecule has 0 spiro atoms. The van der Waals surface area contributed by atoms with Gasteiger partial charge in [0.15, 0.2) is 17.5 Å². The number of anilines is 1. The molecule has 23 heavy (non-hydrogen) atoms. The summed E-state index contributed by atoms with van der Waals surface area (Å²) in [7, 11) is -4.44. The van der Waals surface area contributed by atoms with Gasteiger partial charge in [-0.2, -0.15) is 0 Å². The molecule has 4 nitrogen and oxygen atoms in total. The van der Waals surface area contributed by atoms with Crippen molar-refractivity contribution >= 4 is 15.7 Å². The summed E-state index contributed by atoms with van der Waals surface area (Å²) in [5, 5.41) is 0. The van der Waals surface area contributed by atoms with Gasteiger partial charge in [0.2, 0.25) is 0 Å². The molecule has 0 radical (unpaired) electrons. The molecule has 2 rings (SSSR count).